The number of carbonyl (C=O) groups is 1. The molecule has 1 aliphatic rings. The summed E-state index contributed by atoms with van der Waals surface area (Å²) < 4.78 is 7.28. The Bertz CT molecular complexity index is 1010. The zero-order valence-corrected chi connectivity index (χ0v) is 16.4. The molecule has 1 saturated heterocycles. The maximum absolute atomic E-state index is 12.6. The lowest BCUT2D eigenvalue weighted by Crippen LogP contribution is -2.12. The summed E-state index contributed by atoms with van der Waals surface area (Å²) in [6.07, 6.45) is 4.39. The van der Waals surface area contributed by atoms with Crippen molar-refractivity contribution < 1.29 is 14.6 Å². The van der Waals surface area contributed by atoms with Crippen molar-refractivity contribution >= 4 is 33.9 Å². The fourth-order valence-corrected chi connectivity index (χ4v) is 3.81. The molecular weight excluding hydrogens is 378 g/mol. The van der Waals surface area contributed by atoms with Crippen molar-refractivity contribution in [3.63, 3.8) is 0 Å². The highest BCUT2D eigenvalue weighted by Crippen LogP contribution is 2.29. The number of nitrogens with zero attached hydrogens (tertiary/aromatic N) is 3. The normalized spacial score (nSPS) is 16.3. The SMILES string of the molecule is Cc1ccc(O)c(C)c1NC(=O)c1cnc(Nc2ccn([C@@H]3CCOC3)n2)s1. The number of aryl methyl sites for hydroxylation is 1. The van der Waals surface area contributed by atoms with E-state index in [-0.39, 0.29) is 17.7 Å². The summed E-state index contributed by atoms with van der Waals surface area (Å²) in [5.41, 5.74) is 2.14. The van der Waals surface area contributed by atoms with E-state index in [1.54, 1.807) is 19.1 Å². The molecule has 9 heteroatoms. The fraction of sp³-hybridized carbons (Fsp3) is 0.316. The average molecular weight is 399 g/mol. The van der Waals surface area contributed by atoms with Crippen LogP contribution in [0.4, 0.5) is 16.6 Å². The van der Waals surface area contributed by atoms with E-state index in [0.717, 1.165) is 18.6 Å². The van der Waals surface area contributed by atoms with Gasteiger partial charge in [-0.25, -0.2) is 4.98 Å². The Kier molecular flexibility index (Phi) is 5.01. The maximum atomic E-state index is 12.6. The largest absolute Gasteiger partial charge is 0.508 e. The van der Waals surface area contributed by atoms with Crippen molar-refractivity contribution in [2.45, 2.75) is 26.3 Å². The second-order valence-corrected chi connectivity index (χ2v) is 7.74. The van der Waals surface area contributed by atoms with Gasteiger partial charge in [0, 0.05) is 24.4 Å². The molecule has 0 aliphatic carbocycles. The number of aromatic hydroxyl groups is 1. The monoisotopic (exact) mass is 399 g/mol. The van der Waals surface area contributed by atoms with E-state index in [0.29, 0.717) is 33.7 Å². The van der Waals surface area contributed by atoms with Gasteiger partial charge in [0.2, 0.25) is 0 Å². The second kappa shape index (κ2) is 7.61. The van der Waals surface area contributed by atoms with Crippen molar-refractivity contribution in [3.8, 4) is 5.75 Å². The molecule has 3 heterocycles. The molecule has 1 aromatic carbocycles. The molecule has 0 radical (unpaired) electrons. The van der Waals surface area contributed by atoms with Gasteiger partial charge in [0.15, 0.2) is 10.9 Å². The van der Waals surface area contributed by atoms with Crippen LogP contribution in [0.25, 0.3) is 0 Å². The first-order chi connectivity index (χ1) is 13.5. The molecule has 146 valence electrons. The highest BCUT2D eigenvalue weighted by atomic mass is 32.1. The van der Waals surface area contributed by atoms with E-state index in [9.17, 15) is 9.90 Å². The molecule has 4 rings (SSSR count). The Hall–Kier alpha value is -2.91. The van der Waals surface area contributed by atoms with Gasteiger partial charge in [0.1, 0.15) is 10.6 Å². The van der Waals surface area contributed by atoms with E-state index in [2.05, 4.69) is 20.7 Å². The third-order valence-electron chi connectivity index (χ3n) is 4.74. The second-order valence-electron chi connectivity index (χ2n) is 6.71. The number of hydrogen-bond donors (Lipinski definition) is 3. The first kappa shape index (κ1) is 18.5. The van der Waals surface area contributed by atoms with Crippen molar-refractivity contribution in [1.82, 2.24) is 14.8 Å². The van der Waals surface area contributed by atoms with Crippen LogP contribution in [0.3, 0.4) is 0 Å². The van der Waals surface area contributed by atoms with Gasteiger partial charge in [0.25, 0.3) is 5.91 Å². The van der Waals surface area contributed by atoms with Crippen LogP contribution in [0.15, 0.2) is 30.6 Å². The van der Waals surface area contributed by atoms with E-state index in [4.69, 9.17) is 4.74 Å². The molecule has 3 N–H and O–H groups in total. The van der Waals surface area contributed by atoms with E-state index >= 15 is 0 Å². The number of aromatic nitrogens is 3. The molecular formula is C19H21N5O3S. The first-order valence-electron chi connectivity index (χ1n) is 8.97. The van der Waals surface area contributed by atoms with Crippen molar-refractivity contribution in [2.24, 2.45) is 0 Å². The van der Waals surface area contributed by atoms with Crippen LogP contribution in [-0.4, -0.2) is 39.0 Å². The molecule has 0 saturated carbocycles. The van der Waals surface area contributed by atoms with E-state index in [1.165, 1.54) is 17.5 Å². The summed E-state index contributed by atoms with van der Waals surface area (Å²) in [4.78, 5) is 17.3. The number of hydrogen-bond acceptors (Lipinski definition) is 7. The Morgan fingerprint density at radius 2 is 2.21 bits per heavy atom. The molecule has 2 aromatic heterocycles. The van der Waals surface area contributed by atoms with Crippen molar-refractivity contribution in [1.29, 1.82) is 0 Å². The smallest absolute Gasteiger partial charge is 0.267 e. The van der Waals surface area contributed by atoms with Gasteiger partial charge in [-0.15, -0.1) is 0 Å². The Morgan fingerprint density at radius 1 is 1.36 bits per heavy atom. The Morgan fingerprint density at radius 3 is 3.00 bits per heavy atom. The van der Waals surface area contributed by atoms with Crippen LogP contribution < -0.4 is 10.6 Å². The summed E-state index contributed by atoms with van der Waals surface area (Å²) >= 11 is 1.24. The molecule has 1 fully saturated rings. The number of benzene rings is 1. The van der Waals surface area contributed by atoms with Gasteiger partial charge < -0.3 is 20.5 Å². The van der Waals surface area contributed by atoms with Crippen LogP contribution in [0.1, 0.15) is 33.3 Å². The third-order valence-corrected chi connectivity index (χ3v) is 5.65. The molecule has 3 aromatic rings. The average Bonchev–Trinajstić information content (AvgIpc) is 3.43. The van der Waals surface area contributed by atoms with Gasteiger partial charge in [-0.05, 0) is 31.9 Å². The molecule has 28 heavy (non-hydrogen) atoms. The Labute approximate surface area is 166 Å². The predicted octanol–water partition coefficient (Wildman–Crippen LogP) is 3.62. The zero-order chi connectivity index (χ0) is 19.7. The lowest BCUT2D eigenvalue weighted by molar-refractivity contribution is 0.103. The van der Waals surface area contributed by atoms with Gasteiger partial charge in [-0.2, -0.15) is 5.10 Å². The minimum atomic E-state index is -0.268. The number of rotatable bonds is 5. The van der Waals surface area contributed by atoms with Crippen LogP contribution in [0.5, 0.6) is 5.75 Å². The van der Waals surface area contributed by atoms with Crippen molar-refractivity contribution in [3.05, 3.63) is 46.6 Å². The number of phenols is 1. The van der Waals surface area contributed by atoms with Gasteiger partial charge in [-0.3, -0.25) is 9.48 Å². The Balaban J connectivity index is 1.44. The standard InChI is InChI=1S/C19H21N5O3S/c1-11-3-4-14(25)12(2)17(11)22-18(26)15-9-20-19(28-15)21-16-5-7-24(23-16)13-6-8-27-10-13/h3-5,7,9,13,25H,6,8,10H2,1-2H3,(H,22,26)(H,20,21,23)/t13-/m1/s1. The van der Waals surface area contributed by atoms with Crippen LogP contribution >= 0.6 is 11.3 Å². The molecule has 0 unspecified atom stereocenters. The fourth-order valence-electron chi connectivity index (χ4n) is 3.09. The quantitative estimate of drug-likeness (QED) is 0.606. The lowest BCUT2D eigenvalue weighted by Gasteiger charge is -2.11. The highest BCUT2D eigenvalue weighted by Gasteiger charge is 2.19. The number of amides is 1. The molecule has 0 spiro atoms. The minimum absolute atomic E-state index is 0.149. The van der Waals surface area contributed by atoms with Gasteiger partial charge in [-0.1, -0.05) is 17.4 Å². The molecule has 1 aliphatic heterocycles. The molecule has 8 nitrogen and oxygen atoms in total. The van der Waals surface area contributed by atoms with Crippen LogP contribution in [0.2, 0.25) is 0 Å². The zero-order valence-electron chi connectivity index (χ0n) is 15.6. The predicted molar refractivity (Wildman–Crippen MR) is 108 cm³/mol. The summed E-state index contributed by atoms with van der Waals surface area (Å²) in [5.74, 6) is 0.555. The summed E-state index contributed by atoms with van der Waals surface area (Å²) in [5, 5.41) is 21.0. The molecule has 1 atom stereocenters. The summed E-state index contributed by atoms with van der Waals surface area (Å²) in [6, 6.07) is 5.52. The number of ether oxygens (including phenoxy) is 1. The topological polar surface area (TPSA) is 101 Å². The van der Waals surface area contributed by atoms with E-state index < -0.39 is 0 Å². The van der Waals surface area contributed by atoms with Gasteiger partial charge >= 0.3 is 0 Å². The third kappa shape index (κ3) is 3.71. The van der Waals surface area contributed by atoms with E-state index in [1.807, 2.05) is 23.9 Å². The van der Waals surface area contributed by atoms with Gasteiger partial charge in [0.05, 0.1) is 24.5 Å². The first-order valence-corrected chi connectivity index (χ1v) is 9.79. The summed E-state index contributed by atoms with van der Waals surface area (Å²) in [6.45, 7) is 5.09. The number of carbonyl (C=O) groups excluding carboxylic acids is 1. The molecule has 1 amide bonds. The van der Waals surface area contributed by atoms with Crippen molar-refractivity contribution in [2.75, 3.05) is 23.8 Å². The number of nitrogens with one attached hydrogen (secondary N) is 2. The van der Waals surface area contributed by atoms with Crippen LogP contribution in [-0.2, 0) is 4.74 Å². The number of thiazole rings is 1. The minimum Gasteiger partial charge on any atom is -0.508 e. The van der Waals surface area contributed by atoms with Crippen LogP contribution in [0, 0.1) is 13.8 Å². The maximum Gasteiger partial charge on any atom is 0.267 e. The lowest BCUT2D eigenvalue weighted by atomic mass is 10.1. The highest BCUT2D eigenvalue weighted by molar-refractivity contribution is 7.17. The number of anilines is 3. The summed E-state index contributed by atoms with van der Waals surface area (Å²) in [7, 11) is 0. The number of phenolic OH excluding ortho intramolecular Hbond substituents is 1. The molecule has 0 bridgehead atoms.